The second-order valence-corrected chi connectivity index (χ2v) is 6.45. The second-order valence-electron chi connectivity index (χ2n) is 6.45. The van der Waals surface area contributed by atoms with Gasteiger partial charge in [-0.1, -0.05) is 18.2 Å². The Morgan fingerprint density at radius 2 is 1.68 bits per heavy atom. The quantitative estimate of drug-likeness (QED) is 0.259. The molecule has 0 unspecified atom stereocenters. The van der Waals surface area contributed by atoms with E-state index in [-0.39, 0.29) is 11.5 Å². The van der Waals surface area contributed by atoms with Gasteiger partial charge in [-0.3, -0.25) is 25.2 Å². The van der Waals surface area contributed by atoms with E-state index in [9.17, 15) is 20.2 Å². The van der Waals surface area contributed by atoms with Crippen molar-refractivity contribution in [3.05, 3.63) is 92.0 Å². The van der Waals surface area contributed by atoms with Crippen molar-refractivity contribution in [1.29, 1.82) is 0 Å². The minimum absolute atomic E-state index is 0.127. The van der Waals surface area contributed by atoms with Crippen LogP contribution in [0.5, 0.6) is 17.2 Å². The summed E-state index contributed by atoms with van der Waals surface area (Å²) in [5.41, 5.74) is 1.71. The van der Waals surface area contributed by atoms with Gasteiger partial charge in [-0.25, -0.2) is 0 Å². The molecule has 9 heteroatoms. The molecule has 0 amide bonds. The highest BCUT2D eigenvalue weighted by atomic mass is 16.6. The number of nitro groups is 2. The van der Waals surface area contributed by atoms with E-state index >= 15 is 0 Å². The Morgan fingerprint density at radius 1 is 0.935 bits per heavy atom. The number of aliphatic imine (C=N–C) groups is 1. The van der Waals surface area contributed by atoms with Gasteiger partial charge in [0.2, 0.25) is 5.75 Å². The average Bonchev–Trinajstić information content (AvgIpc) is 2.75. The highest BCUT2D eigenvalue weighted by Crippen LogP contribution is 2.38. The largest absolute Gasteiger partial charge is 0.490 e. The smallest absolute Gasteiger partial charge is 0.318 e. The first-order valence-corrected chi connectivity index (χ1v) is 9.36. The lowest BCUT2D eigenvalue weighted by Gasteiger charge is -2.12. The Kier molecular flexibility index (Phi) is 6.56. The number of ether oxygens (including phenoxy) is 2. The molecule has 31 heavy (non-hydrogen) atoms. The molecule has 0 atom stereocenters. The highest BCUT2D eigenvalue weighted by Gasteiger charge is 2.22. The molecular formula is C22H19N3O6. The van der Waals surface area contributed by atoms with Crippen molar-refractivity contribution in [1.82, 2.24) is 0 Å². The number of non-ortho nitro benzene ring substituents is 1. The molecule has 0 N–H and O–H groups in total. The van der Waals surface area contributed by atoms with Crippen molar-refractivity contribution in [3.63, 3.8) is 0 Å². The van der Waals surface area contributed by atoms with Crippen LogP contribution < -0.4 is 9.47 Å². The molecule has 0 bridgehead atoms. The summed E-state index contributed by atoms with van der Waals surface area (Å²) in [6.45, 7) is 4.11. The minimum atomic E-state index is -0.730. The second kappa shape index (κ2) is 9.49. The topological polar surface area (TPSA) is 117 Å². The van der Waals surface area contributed by atoms with Gasteiger partial charge in [0.1, 0.15) is 0 Å². The first-order valence-electron chi connectivity index (χ1n) is 9.36. The van der Waals surface area contributed by atoms with E-state index < -0.39 is 21.2 Å². The van der Waals surface area contributed by atoms with Crippen molar-refractivity contribution >= 4 is 23.3 Å². The number of nitrogens with zero attached hydrogens (tertiary/aromatic N) is 3. The molecule has 3 aromatic carbocycles. The number of benzene rings is 3. The van der Waals surface area contributed by atoms with Crippen LogP contribution >= 0.6 is 0 Å². The van der Waals surface area contributed by atoms with Crippen molar-refractivity contribution in [2.75, 3.05) is 6.61 Å². The Bertz CT molecular complexity index is 1160. The average molecular weight is 421 g/mol. The Morgan fingerprint density at radius 3 is 2.35 bits per heavy atom. The van der Waals surface area contributed by atoms with Gasteiger partial charge in [0.05, 0.1) is 28.2 Å². The molecule has 0 radical (unpaired) electrons. The summed E-state index contributed by atoms with van der Waals surface area (Å²) >= 11 is 0. The molecule has 0 aliphatic carbocycles. The van der Waals surface area contributed by atoms with Crippen molar-refractivity contribution in [2.24, 2.45) is 4.99 Å². The molecular weight excluding hydrogens is 402 g/mol. The fraction of sp³-hybridized carbons (Fsp3) is 0.136. The molecule has 158 valence electrons. The summed E-state index contributed by atoms with van der Waals surface area (Å²) < 4.78 is 11.3. The van der Waals surface area contributed by atoms with Crippen molar-refractivity contribution in [2.45, 2.75) is 13.8 Å². The number of hydrogen-bond donors (Lipinski definition) is 0. The summed E-state index contributed by atoms with van der Waals surface area (Å²) in [4.78, 5) is 25.3. The van der Waals surface area contributed by atoms with Gasteiger partial charge in [0, 0.05) is 12.3 Å². The summed E-state index contributed by atoms with van der Waals surface area (Å²) in [6.07, 6.45) is 1.68. The van der Waals surface area contributed by atoms with Crippen molar-refractivity contribution in [3.8, 4) is 17.2 Å². The first-order chi connectivity index (χ1) is 14.9. The van der Waals surface area contributed by atoms with Crippen LogP contribution in [0.2, 0.25) is 0 Å². The summed E-state index contributed by atoms with van der Waals surface area (Å²) in [7, 11) is 0. The van der Waals surface area contributed by atoms with E-state index in [1.165, 1.54) is 6.07 Å². The standard InChI is InChI=1S/C22H19N3O6/c1-3-30-22-12-16(14-23-18-7-5-4-6-15(18)2)8-10-21(22)31-20-11-9-17(24(26)27)13-19(20)25(28)29/h4-14H,3H2,1-2H3. The number of rotatable bonds is 8. The molecule has 0 aromatic heterocycles. The summed E-state index contributed by atoms with van der Waals surface area (Å²) in [6, 6.07) is 16.0. The first kappa shape index (κ1) is 21.4. The van der Waals surface area contributed by atoms with Crippen LogP contribution in [0, 0.1) is 27.2 Å². The van der Waals surface area contributed by atoms with E-state index in [0.29, 0.717) is 12.4 Å². The maximum Gasteiger partial charge on any atom is 0.318 e. The Labute approximate surface area is 177 Å². The van der Waals surface area contributed by atoms with Gasteiger partial charge in [0.25, 0.3) is 5.69 Å². The third kappa shape index (κ3) is 5.21. The van der Waals surface area contributed by atoms with E-state index in [1.54, 1.807) is 31.3 Å². The molecule has 0 spiro atoms. The van der Waals surface area contributed by atoms with Gasteiger partial charge < -0.3 is 9.47 Å². The fourth-order valence-electron chi connectivity index (χ4n) is 2.78. The van der Waals surface area contributed by atoms with Crippen LogP contribution in [0.25, 0.3) is 0 Å². The highest BCUT2D eigenvalue weighted by molar-refractivity contribution is 5.83. The minimum Gasteiger partial charge on any atom is -0.490 e. The van der Waals surface area contributed by atoms with Gasteiger partial charge in [-0.05, 0) is 55.3 Å². The SMILES string of the molecule is CCOc1cc(C=Nc2ccccc2C)ccc1Oc1ccc([N+](=O)[O-])cc1[N+](=O)[O-]. The molecule has 3 aromatic rings. The lowest BCUT2D eigenvalue weighted by Crippen LogP contribution is -1.99. The van der Waals surface area contributed by atoms with Crippen LogP contribution in [0.4, 0.5) is 17.1 Å². The molecule has 0 aliphatic rings. The third-order valence-corrected chi connectivity index (χ3v) is 4.31. The predicted octanol–water partition coefficient (Wildman–Crippen LogP) is 5.75. The van der Waals surface area contributed by atoms with Crippen molar-refractivity contribution < 1.29 is 19.3 Å². The molecule has 0 saturated heterocycles. The monoisotopic (exact) mass is 421 g/mol. The van der Waals surface area contributed by atoms with Crippen LogP contribution in [-0.4, -0.2) is 22.7 Å². The summed E-state index contributed by atoms with van der Waals surface area (Å²) in [5.74, 6) is 0.480. The van der Waals surface area contributed by atoms with E-state index in [4.69, 9.17) is 9.47 Å². The Balaban J connectivity index is 1.93. The zero-order valence-corrected chi connectivity index (χ0v) is 16.8. The number of hydrogen-bond acceptors (Lipinski definition) is 7. The molecule has 0 fully saturated rings. The molecule has 9 nitrogen and oxygen atoms in total. The van der Waals surface area contributed by atoms with Gasteiger partial charge >= 0.3 is 5.69 Å². The normalized spacial score (nSPS) is 10.8. The van der Waals surface area contributed by atoms with Crippen LogP contribution in [0.1, 0.15) is 18.1 Å². The number of para-hydroxylation sites is 1. The Hall–Kier alpha value is -4.27. The van der Waals surface area contributed by atoms with E-state index in [1.807, 2.05) is 31.2 Å². The van der Waals surface area contributed by atoms with Gasteiger partial charge in [0.15, 0.2) is 11.5 Å². The molecule has 0 saturated carbocycles. The fourth-order valence-corrected chi connectivity index (χ4v) is 2.78. The van der Waals surface area contributed by atoms with Gasteiger partial charge in [-0.15, -0.1) is 0 Å². The zero-order chi connectivity index (χ0) is 22.4. The number of aryl methyl sites for hydroxylation is 1. The van der Waals surface area contributed by atoms with Crippen LogP contribution in [0.15, 0.2) is 65.7 Å². The lowest BCUT2D eigenvalue weighted by atomic mass is 10.2. The third-order valence-electron chi connectivity index (χ3n) is 4.31. The lowest BCUT2D eigenvalue weighted by molar-refractivity contribution is -0.394. The maximum absolute atomic E-state index is 11.4. The van der Waals surface area contributed by atoms with E-state index in [0.717, 1.165) is 28.9 Å². The zero-order valence-electron chi connectivity index (χ0n) is 16.8. The predicted molar refractivity (Wildman–Crippen MR) is 116 cm³/mol. The van der Waals surface area contributed by atoms with Gasteiger partial charge in [-0.2, -0.15) is 0 Å². The number of nitro benzene ring substituents is 2. The van der Waals surface area contributed by atoms with Crippen LogP contribution in [-0.2, 0) is 0 Å². The maximum atomic E-state index is 11.4. The molecule has 0 aliphatic heterocycles. The molecule has 3 rings (SSSR count). The van der Waals surface area contributed by atoms with Crippen LogP contribution in [0.3, 0.4) is 0 Å². The molecule has 0 heterocycles. The summed E-state index contributed by atoms with van der Waals surface area (Å²) in [5, 5.41) is 22.3. The van der Waals surface area contributed by atoms with E-state index in [2.05, 4.69) is 4.99 Å².